The van der Waals surface area contributed by atoms with Gasteiger partial charge in [0.25, 0.3) is 0 Å². The molecule has 2 aromatic carbocycles. The van der Waals surface area contributed by atoms with Gasteiger partial charge in [0.15, 0.2) is 0 Å². The van der Waals surface area contributed by atoms with Crippen LogP contribution >= 0.6 is 0 Å². The number of aromatic nitrogens is 2. The molecule has 0 radical (unpaired) electrons. The first-order valence-electron chi connectivity index (χ1n) is 12.6. The summed E-state index contributed by atoms with van der Waals surface area (Å²) in [6.07, 6.45) is 4.31. The molecule has 0 bridgehead atoms. The molecule has 0 spiro atoms. The average molecular weight is 524 g/mol. The van der Waals surface area contributed by atoms with Gasteiger partial charge in [-0.25, -0.2) is 18.7 Å². The highest BCUT2D eigenvalue weighted by Crippen LogP contribution is 2.24. The Balaban J connectivity index is 1.39. The Bertz CT molecular complexity index is 1300. The number of likely N-dealkylation sites (tertiary alicyclic amines) is 1. The molecule has 1 atom stereocenters. The number of hydrogen-bond donors (Lipinski definition) is 4. The van der Waals surface area contributed by atoms with E-state index in [9.17, 15) is 4.21 Å². The lowest BCUT2D eigenvalue weighted by atomic mass is 10.1. The van der Waals surface area contributed by atoms with Crippen molar-refractivity contribution in [1.82, 2.24) is 19.6 Å². The van der Waals surface area contributed by atoms with Gasteiger partial charge in [-0.15, -0.1) is 0 Å². The van der Waals surface area contributed by atoms with Crippen LogP contribution < -0.4 is 20.1 Å². The Morgan fingerprint density at radius 1 is 1.05 bits per heavy atom. The fourth-order valence-electron chi connectivity index (χ4n) is 4.07. The molecule has 9 nitrogen and oxygen atoms in total. The van der Waals surface area contributed by atoms with Crippen LogP contribution in [0.25, 0.3) is 0 Å². The normalized spacial score (nSPS) is 15.8. The van der Waals surface area contributed by atoms with Crippen LogP contribution in [0.15, 0.2) is 59.6 Å². The number of hydrogen-bond acceptors (Lipinski definition) is 8. The molecule has 10 heteroatoms. The van der Waals surface area contributed by atoms with E-state index in [-0.39, 0.29) is 0 Å². The van der Waals surface area contributed by atoms with Crippen molar-refractivity contribution in [2.24, 2.45) is 0 Å². The first kappa shape index (κ1) is 26.8. The van der Waals surface area contributed by atoms with E-state index in [0.29, 0.717) is 29.0 Å². The summed E-state index contributed by atoms with van der Waals surface area (Å²) >= 11 is 0. The van der Waals surface area contributed by atoms with Crippen LogP contribution in [0.1, 0.15) is 39.2 Å². The Kier molecular flexibility index (Phi) is 8.31. The molecule has 0 aliphatic carbocycles. The van der Waals surface area contributed by atoms with Gasteiger partial charge in [0.1, 0.15) is 28.1 Å². The second-order valence-corrected chi connectivity index (χ2v) is 12.1. The Morgan fingerprint density at radius 3 is 2.49 bits per heavy atom. The van der Waals surface area contributed by atoms with E-state index in [0.717, 1.165) is 23.5 Å². The lowest BCUT2D eigenvalue weighted by Gasteiger charge is -2.22. The summed E-state index contributed by atoms with van der Waals surface area (Å²) in [5.41, 5.74) is 1.95. The molecule has 0 amide bonds. The highest BCUT2D eigenvalue weighted by Gasteiger charge is 2.19. The van der Waals surface area contributed by atoms with Crippen LogP contribution in [-0.2, 0) is 9.92 Å². The van der Waals surface area contributed by atoms with E-state index in [1.165, 1.54) is 25.9 Å². The number of rotatable bonds is 10. The van der Waals surface area contributed by atoms with Crippen molar-refractivity contribution in [2.75, 3.05) is 36.9 Å². The standard InChI is InChI=1S/C27H37N7O2S/c1-20-19-29-26(31-21-10-12-23(13-11-21)36-17-16-34-14-5-6-15-34)32-25(20)30-22-8-7-9-24(18-22)37(28,35)33-27(2,3)4/h7-13,18-19H,5-6,14-17H2,1-4H3,(H2,28,33,35)(H2,29,30,31,32). The van der Waals surface area contributed by atoms with Gasteiger partial charge in [-0.1, -0.05) is 6.07 Å². The number of benzene rings is 2. The number of nitrogens with one attached hydrogen (secondary N) is 4. The lowest BCUT2D eigenvalue weighted by molar-refractivity contribution is 0.238. The third kappa shape index (κ3) is 7.88. The summed E-state index contributed by atoms with van der Waals surface area (Å²) < 4.78 is 30.1. The molecule has 1 aromatic heterocycles. The molecule has 1 fully saturated rings. The highest BCUT2D eigenvalue weighted by molar-refractivity contribution is 7.90. The zero-order valence-electron chi connectivity index (χ0n) is 22.0. The van der Waals surface area contributed by atoms with Gasteiger partial charge in [-0.2, -0.15) is 4.98 Å². The molecule has 1 aliphatic rings. The minimum absolute atomic E-state index is 0.403. The Morgan fingerprint density at radius 2 is 1.78 bits per heavy atom. The summed E-state index contributed by atoms with van der Waals surface area (Å²) in [6.45, 7) is 11.6. The highest BCUT2D eigenvalue weighted by atomic mass is 32.2. The molecule has 2 heterocycles. The monoisotopic (exact) mass is 523 g/mol. The van der Waals surface area contributed by atoms with Gasteiger partial charge in [0, 0.05) is 35.2 Å². The molecule has 198 valence electrons. The number of nitrogens with zero attached hydrogens (tertiary/aromatic N) is 3. The van der Waals surface area contributed by atoms with Crippen LogP contribution in [0.4, 0.5) is 23.1 Å². The topological polar surface area (TPSA) is 115 Å². The molecule has 1 saturated heterocycles. The summed E-state index contributed by atoms with van der Waals surface area (Å²) in [7, 11) is -3.15. The maximum atomic E-state index is 13.0. The van der Waals surface area contributed by atoms with Crippen molar-refractivity contribution >= 4 is 33.1 Å². The summed E-state index contributed by atoms with van der Waals surface area (Å²) in [5, 5.41) is 6.51. The van der Waals surface area contributed by atoms with Gasteiger partial charge in [-0.05, 0) is 96.1 Å². The van der Waals surface area contributed by atoms with Crippen molar-refractivity contribution in [3.05, 3.63) is 60.3 Å². The first-order valence-corrected chi connectivity index (χ1v) is 14.1. The first-order chi connectivity index (χ1) is 17.6. The summed E-state index contributed by atoms with van der Waals surface area (Å²) in [6, 6.07) is 14.8. The van der Waals surface area contributed by atoms with Crippen LogP contribution in [0.5, 0.6) is 5.75 Å². The molecule has 0 saturated carbocycles. The quantitative estimate of drug-likeness (QED) is 0.279. The Hall–Kier alpha value is -3.21. The minimum atomic E-state index is -3.15. The zero-order valence-corrected chi connectivity index (χ0v) is 22.8. The van der Waals surface area contributed by atoms with Crippen LogP contribution in [0, 0.1) is 11.7 Å². The van der Waals surface area contributed by atoms with Gasteiger partial charge < -0.3 is 15.4 Å². The van der Waals surface area contributed by atoms with Crippen molar-refractivity contribution in [1.29, 1.82) is 4.78 Å². The number of anilines is 4. The van der Waals surface area contributed by atoms with Crippen LogP contribution in [0.3, 0.4) is 0 Å². The third-order valence-electron chi connectivity index (χ3n) is 5.84. The lowest BCUT2D eigenvalue weighted by Crippen LogP contribution is -2.39. The molecular formula is C27H37N7O2S. The fourth-order valence-corrected chi connectivity index (χ4v) is 5.61. The second kappa shape index (κ2) is 11.5. The second-order valence-electron chi connectivity index (χ2n) is 10.3. The molecule has 3 aromatic rings. The SMILES string of the molecule is Cc1cnc(Nc2ccc(OCCN3CCCC3)cc2)nc1Nc1cccc(S(=N)(=O)NC(C)(C)C)c1. The van der Waals surface area contributed by atoms with E-state index < -0.39 is 15.5 Å². The van der Waals surface area contributed by atoms with Gasteiger partial charge in [-0.3, -0.25) is 4.90 Å². The summed E-state index contributed by atoms with van der Waals surface area (Å²) in [5.74, 6) is 1.91. The molecular weight excluding hydrogens is 486 g/mol. The maximum absolute atomic E-state index is 13.0. The molecule has 4 rings (SSSR count). The number of aryl methyl sites for hydroxylation is 1. The van der Waals surface area contributed by atoms with E-state index in [2.05, 4.69) is 30.2 Å². The van der Waals surface area contributed by atoms with Gasteiger partial charge >= 0.3 is 0 Å². The largest absolute Gasteiger partial charge is 0.492 e. The molecule has 1 aliphatic heterocycles. The van der Waals surface area contributed by atoms with E-state index in [1.54, 1.807) is 24.4 Å². The predicted octanol–water partition coefficient (Wildman–Crippen LogP) is 5.46. The van der Waals surface area contributed by atoms with Gasteiger partial charge in [0.2, 0.25) is 5.95 Å². The fraction of sp³-hybridized carbons (Fsp3) is 0.407. The molecule has 4 N–H and O–H groups in total. The van der Waals surface area contributed by atoms with E-state index in [1.807, 2.05) is 58.0 Å². The zero-order chi connectivity index (χ0) is 26.5. The minimum Gasteiger partial charge on any atom is -0.492 e. The van der Waals surface area contributed by atoms with Crippen LogP contribution in [0.2, 0.25) is 0 Å². The van der Waals surface area contributed by atoms with Crippen molar-refractivity contribution in [3.8, 4) is 5.75 Å². The predicted molar refractivity (Wildman–Crippen MR) is 149 cm³/mol. The number of ether oxygens (including phenoxy) is 1. The van der Waals surface area contributed by atoms with Crippen molar-refractivity contribution < 1.29 is 8.95 Å². The molecule has 37 heavy (non-hydrogen) atoms. The van der Waals surface area contributed by atoms with Crippen molar-refractivity contribution in [3.63, 3.8) is 0 Å². The third-order valence-corrected chi connectivity index (χ3v) is 7.65. The molecule has 1 unspecified atom stereocenters. The van der Waals surface area contributed by atoms with Gasteiger partial charge in [0.05, 0.1) is 4.90 Å². The van der Waals surface area contributed by atoms with E-state index >= 15 is 0 Å². The summed E-state index contributed by atoms with van der Waals surface area (Å²) in [4.78, 5) is 11.9. The average Bonchev–Trinajstić information content (AvgIpc) is 3.35. The Labute approximate surface area is 220 Å². The smallest absolute Gasteiger partial charge is 0.229 e. The van der Waals surface area contributed by atoms with Crippen LogP contribution in [-0.4, -0.2) is 50.9 Å². The maximum Gasteiger partial charge on any atom is 0.229 e. The van der Waals surface area contributed by atoms with E-state index in [4.69, 9.17) is 9.52 Å². The van der Waals surface area contributed by atoms with Crippen molar-refractivity contribution in [2.45, 2.75) is 51.0 Å².